The molecular weight excluding hydrogens is 146 g/mol. The Balaban J connectivity index is 3.21. The summed E-state index contributed by atoms with van der Waals surface area (Å²) in [4.78, 5) is 13.9. The summed E-state index contributed by atoms with van der Waals surface area (Å²) in [7, 11) is 1.58. The first-order valence-corrected chi connectivity index (χ1v) is 3.26. The van der Waals surface area contributed by atoms with Crippen molar-refractivity contribution in [3.05, 3.63) is 0 Å². The Morgan fingerprint density at radius 2 is 2.36 bits per heavy atom. The van der Waals surface area contributed by atoms with Gasteiger partial charge in [-0.2, -0.15) is 0 Å². The molecule has 0 radical (unpaired) electrons. The van der Waals surface area contributed by atoms with Crippen molar-refractivity contribution >= 4 is 11.9 Å². The summed E-state index contributed by atoms with van der Waals surface area (Å²) < 4.78 is 4.62. The number of nitrogens with zero attached hydrogens (tertiary/aromatic N) is 1. The van der Waals surface area contributed by atoms with Gasteiger partial charge < -0.3 is 15.8 Å². The van der Waals surface area contributed by atoms with Crippen molar-refractivity contribution in [2.75, 3.05) is 20.2 Å². The van der Waals surface area contributed by atoms with Crippen molar-refractivity contribution in [3.63, 3.8) is 0 Å². The van der Waals surface area contributed by atoms with E-state index in [1.54, 1.807) is 7.05 Å². The fraction of sp³-hybridized carbons (Fsp3) is 0.667. The van der Waals surface area contributed by atoms with E-state index in [0.717, 1.165) is 0 Å². The predicted octanol–water partition coefficient (Wildman–Crippen LogP) is -0.916. The Kier molecular flexibility index (Phi) is 4.89. The van der Waals surface area contributed by atoms with Gasteiger partial charge in [0.15, 0.2) is 5.96 Å². The van der Waals surface area contributed by atoms with E-state index in [1.807, 2.05) is 0 Å². The third kappa shape index (κ3) is 6.63. The molecular formula is C6H13N3O2. The normalized spacial score (nSPS) is 10.9. The first kappa shape index (κ1) is 9.74. The second-order valence-corrected chi connectivity index (χ2v) is 1.88. The van der Waals surface area contributed by atoms with Crippen molar-refractivity contribution in [1.29, 1.82) is 0 Å². The summed E-state index contributed by atoms with van der Waals surface area (Å²) in [5.74, 6) is 0.0518. The highest BCUT2D eigenvalue weighted by molar-refractivity contribution is 5.77. The summed E-state index contributed by atoms with van der Waals surface area (Å²) in [6.07, 6.45) is 0. The zero-order chi connectivity index (χ0) is 8.69. The molecule has 3 N–H and O–H groups in total. The highest BCUT2D eigenvalue weighted by Gasteiger charge is 1.91. The second kappa shape index (κ2) is 5.52. The molecule has 0 fully saturated rings. The van der Waals surface area contributed by atoms with Crippen LogP contribution < -0.4 is 11.1 Å². The Morgan fingerprint density at radius 1 is 1.73 bits per heavy atom. The SMILES string of the molecule is CN=C(N)NCCOC(C)=O. The molecule has 11 heavy (non-hydrogen) atoms. The number of hydrogen-bond acceptors (Lipinski definition) is 3. The minimum Gasteiger partial charge on any atom is -0.464 e. The van der Waals surface area contributed by atoms with E-state index in [9.17, 15) is 4.79 Å². The number of esters is 1. The van der Waals surface area contributed by atoms with Gasteiger partial charge in [-0.3, -0.25) is 9.79 Å². The molecule has 5 heteroatoms. The van der Waals surface area contributed by atoms with Gasteiger partial charge in [0.05, 0.1) is 6.54 Å². The number of hydrogen-bond donors (Lipinski definition) is 2. The van der Waals surface area contributed by atoms with E-state index in [0.29, 0.717) is 19.1 Å². The maximum atomic E-state index is 10.2. The van der Waals surface area contributed by atoms with Crippen LogP contribution >= 0.6 is 0 Å². The van der Waals surface area contributed by atoms with Crippen molar-refractivity contribution in [2.24, 2.45) is 10.7 Å². The minimum atomic E-state index is -0.293. The minimum absolute atomic E-state index is 0.293. The molecule has 0 bridgehead atoms. The van der Waals surface area contributed by atoms with Gasteiger partial charge in [-0.05, 0) is 0 Å². The molecule has 0 atom stereocenters. The summed E-state index contributed by atoms with van der Waals surface area (Å²) >= 11 is 0. The summed E-state index contributed by atoms with van der Waals surface area (Å²) in [6, 6.07) is 0. The molecule has 0 aromatic heterocycles. The maximum Gasteiger partial charge on any atom is 0.302 e. The number of rotatable bonds is 3. The van der Waals surface area contributed by atoms with Gasteiger partial charge in [0.2, 0.25) is 0 Å². The number of carbonyl (C=O) groups is 1. The zero-order valence-electron chi connectivity index (χ0n) is 6.76. The van der Waals surface area contributed by atoms with Gasteiger partial charge in [-0.15, -0.1) is 0 Å². The molecule has 0 heterocycles. The lowest BCUT2D eigenvalue weighted by Crippen LogP contribution is -2.34. The van der Waals surface area contributed by atoms with Gasteiger partial charge in [-0.25, -0.2) is 0 Å². The molecule has 0 aromatic carbocycles. The van der Waals surface area contributed by atoms with Gasteiger partial charge in [0.25, 0.3) is 0 Å². The number of guanidine groups is 1. The number of aliphatic imine (C=N–C) groups is 1. The number of ether oxygens (including phenoxy) is 1. The molecule has 0 aliphatic heterocycles. The van der Waals surface area contributed by atoms with Gasteiger partial charge in [0, 0.05) is 14.0 Å². The van der Waals surface area contributed by atoms with Crippen LogP contribution in [0.5, 0.6) is 0 Å². The zero-order valence-corrected chi connectivity index (χ0v) is 6.76. The highest BCUT2D eigenvalue weighted by atomic mass is 16.5. The third-order valence-electron chi connectivity index (χ3n) is 0.954. The maximum absolute atomic E-state index is 10.2. The monoisotopic (exact) mass is 159 g/mol. The first-order chi connectivity index (χ1) is 5.16. The van der Waals surface area contributed by atoms with Gasteiger partial charge in [0.1, 0.15) is 6.61 Å². The molecule has 0 saturated carbocycles. The first-order valence-electron chi connectivity index (χ1n) is 3.26. The smallest absolute Gasteiger partial charge is 0.302 e. The molecule has 0 aliphatic rings. The van der Waals surface area contributed by atoms with Crippen molar-refractivity contribution in [2.45, 2.75) is 6.92 Å². The fourth-order valence-electron chi connectivity index (χ4n) is 0.453. The second-order valence-electron chi connectivity index (χ2n) is 1.88. The quantitative estimate of drug-likeness (QED) is 0.242. The van der Waals surface area contributed by atoms with Crippen LogP contribution in [0.1, 0.15) is 6.92 Å². The third-order valence-corrected chi connectivity index (χ3v) is 0.954. The molecule has 0 rings (SSSR count). The Labute approximate surface area is 65.6 Å². The molecule has 64 valence electrons. The number of carbonyl (C=O) groups excluding carboxylic acids is 1. The number of nitrogens with two attached hydrogens (primary N) is 1. The van der Waals surface area contributed by atoms with E-state index < -0.39 is 0 Å². The average Bonchev–Trinajstić information content (AvgIpc) is 1.97. The van der Waals surface area contributed by atoms with Crippen LogP contribution in [0.4, 0.5) is 0 Å². The fourth-order valence-corrected chi connectivity index (χ4v) is 0.453. The van der Waals surface area contributed by atoms with E-state index in [1.165, 1.54) is 6.92 Å². The standard InChI is InChI=1S/C6H13N3O2/c1-5(10)11-4-3-9-6(7)8-2/h3-4H2,1-2H3,(H3,7,8,9). The molecule has 0 saturated heterocycles. The van der Waals surface area contributed by atoms with Crippen molar-refractivity contribution < 1.29 is 9.53 Å². The van der Waals surface area contributed by atoms with Crippen LogP contribution in [0.25, 0.3) is 0 Å². The molecule has 0 amide bonds. The van der Waals surface area contributed by atoms with Crippen LogP contribution in [0.2, 0.25) is 0 Å². The van der Waals surface area contributed by atoms with Gasteiger partial charge >= 0.3 is 5.97 Å². The van der Waals surface area contributed by atoms with Gasteiger partial charge in [-0.1, -0.05) is 0 Å². The molecule has 0 unspecified atom stereocenters. The summed E-state index contributed by atoms with van der Waals surface area (Å²) in [5, 5.41) is 2.74. The summed E-state index contributed by atoms with van der Waals surface area (Å²) in [5.41, 5.74) is 5.29. The van der Waals surface area contributed by atoms with Crippen LogP contribution in [0.3, 0.4) is 0 Å². The lowest BCUT2D eigenvalue weighted by molar-refractivity contribution is -0.140. The lowest BCUT2D eigenvalue weighted by atomic mass is 10.6. The van der Waals surface area contributed by atoms with E-state index in [2.05, 4.69) is 15.0 Å². The topological polar surface area (TPSA) is 76.7 Å². The van der Waals surface area contributed by atoms with Crippen molar-refractivity contribution in [1.82, 2.24) is 5.32 Å². The number of nitrogens with one attached hydrogen (secondary N) is 1. The van der Waals surface area contributed by atoms with Crippen molar-refractivity contribution in [3.8, 4) is 0 Å². The molecule has 0 aliphatic carbocycles. The Morgan fingerprint density at radius 3 is 2.82 bits per heavy atom. The highest BCUT2D eigenvalue weighted by Crippen LogP contribution is 1.73. The Hall–Kier alpha value is -1.26. The lowest BCUT2D eigenvalue weighted by Gasteiger charge is -2.03. The molecule has 0 spiro atoms. The van der Waals surface area contributed by atoms with Crippen LogP contribution in [-0.4, -0.2) is 32.1 Å². The largest absolute Gasteiger partial charge is 0.464 e. The Bertz CT molecular complexity index is 156. The predicted molar refractivity (Wildman–Crippen MR) is 42.2 cm³/mol. The molecule has 0 aromatic rings. The molecule has 5 nitrogen and oxygen atoms in total. The van der Waals surface area contributed by atoms with Crippen LogP contribution in [0.15, 0.2) is 4.99 Å². The van der Waals surface area contributed by atoms with Crippen LogP contribution in [-0.2, 0) is 9.53 Å². The van der Waals surface area contributed by atoms with Crippen LogP contribution in [0, 0.1) is 0 Å². The van der Waals surface area contributed by atoms with E-state index in [4.69, 9.17) is 5.73 Å². The van der Waals surface area contributed by atoms with E-state index in [-0.39, 0.29) is 5.97 Å². The van der Waals surface area contributed by atoms with E-state index >= 15 is 0 Å². The summed E-state index contributed by atoms with van der Waals surface area (Å²) in [6.45, 7) is 2.16. The average molecular weight is 159 g/mol.